The maximum atomic E-state index is 9.78. The minimum Gasteiger partial charge on any atom is -0.394 e. The average molecular weight is 342 g/mol. The van der Waals surface area contributed by atoms with Gasteiger partial charge in [-0.25, -0.2) is 0 Å². The first-order valence-corrected chi connectivity index (χ1v) is 7.07. The Morgan fingerprint density at radius 2 is 1.48 bits per heavy atom. The highest BCUT2D eigenvalue weighted by Gasteiger charge is 2.48. The van der Waals surface area contributed by atoms with Gasteiger partial charge in [0.15, 0.2) is 12.6 Å². The lowest BCUT2D eigenvalue weighted by Gasteiger charge is -2.38. The summed E-state index contributed by atoms with van der Waals surface area (Å²) < 4.78 is 15.1. The van der Waals surface area contributed by atoms with Crippen LogP contribution in [-0.4, -0.2) is 115 Å². The highest BCUT2D eigenvalue weighted by molar-refractivity contribution is 4.92. The van der Waals surface area contributed by atoms with E-state index in [1.807, 2.05) is 0 Å². The van der Waals surface area contributed by atoms with Crippen molar-refractivity contribution in [1.82, 2.24) is 0 Å². The second-order valence-corrected chi connectivity index (χ2v) is 5.57. The molecular formula is C12H22O11. The lowest BCUT2D eigenvalue weighted by atomic mass is 9.99. The summed E-state index contributed by atoms with van der Waals surface area (Å²) in [6.45, 7) is -1.14. The van der Waals surface area contributed by atoms with E-state index in [1.54, 1.807) is 0 Å². The van der Waals surface area contributed by atoms with Crippen LogP contribution in [0.3, 0.4) is 0 Å². The van der Waals surface area contributed by atoms with Gasteiger partial charge in [-0.15, -0.1) is 0 Å². The largest absolute Gasteiger partial charge is 0.394 e. The molecule has 0 aromatic heterocycles. The average Bonchev–Trinajstić information content (AvgIpc) is 2.82. The fraction of sp³-hybridized carbons (Fsp3) is 1.00. The summed E-state index contributed by atoms with van der Waals surface area (Å²) in [4.78, 5) is 0. The van der Waals surface area contributed by atoms with E-state index >= 15 is 0 Å². The van der Waals surface area contributed by atoms with Crippen LogP contribution in [0.25, 0.3) is 0 Å². The Bertz CT molecular complexity index is 382. The monoisotopic (exact) mass is 342 g/mol. The predicted molar refractivity (Wildman–Crippen MR) is 68.6 cm³/mol. The number of hydrogen-bond acceptors (Lipinski definition) is 11. The van der Waals surface area contributed by atoms with Crippen molar-refractivity contribution in [2.24, 2.45) is 0 Å². The predicted octanol–water partition coefficient (Wildman–Crippen LogP) is -5.40. The van der Waals surface area contributed by atoms with Crippen molar-refractivity contribution in [1.29, 1.82) is 0 Å². The van der Waals surface area contributed by atoms with E-state index in [0.717, 1.165) is 0 Å². The van der Waals surface area contributed by atoms with Crippen LogP contribution in [0.5, 0.6) is 0 Å². The quantitative estimate of drug-likeness (QED) is 0.238. The minimum atomic E-state index is -1.73. The van der Waals surface area contributed by atoms with Gasteiger partial charge in [-0.1, -0.05) is 0 Å². The summed E-state index contributed by atoms with van der Waals surface area (Å²) in [7, 11) is 0. The molecule has 2 aliphatic rings. The molecule has 136 valence electrons. The fourth-order valence-electron chi connectivity index (χ4n) is 2.49. The van der Waals surface area contributed by atoms with Crippen LogP contribution in [0.1, 0.15) is 0 Å². The van der Waals surface area contributed by atoms with E-state index in [2.05, 4.69) is 0 Å². The molecule has 2 fully saturated rings. The van der Waals surface area contributed by atoms with Crippen LogP contribution in [0.4, 0.5) is 0 Å². The standard InChI is InChI=1S/C12H22O11/c13-1-3(14)10-7(17)9(19)12(23-10)21-2-4-5(15)6(16)8(18)11(20)22-4/h3-20H,1-2H2/t3-,4-,5+,6+,7-,8-,9-,10+,11+,12-/m1/s1. The normalized spacial score (nSPS) is 49.3. The third kappa shape index (κ3) is 3.81. The molecule has 0 radical (unpaired) electrons. The van der Waals surface area contributed by atoms with Crippen LogP contribution < -0.4 is 0 Å². The molecular weight excluding hydrogens is 320 g/mol. The summed E-state index contributed by atoms with van der Waals surface area (Å²) in [6.07, 6.45) is -15.0. The van der Waals surface area contributed by atoms with E-state index < -0.39 is 74.6 Å². The maximum absolute atomic E-state index is 9.78. The van der Waals surface area contributed by atoms with Gasteiger partial charge in [0.25, 0.3) is 0 Å². The zero-order valence-electron chi connectivity index (χ0n) is 12.0. The van der Waals surface area contributed by atoms with Crippen molar-refractivity contribution in [3.05, 3.63) is 0 Å². The molecule has 10 atom stereocenters. The number of hydrogen-bond donors (Lipinski definition) is 8. The van der Waals surface area contributed by atoms with Crippen LogP contribution >= 0.6 is 0 Å². The molecule has 11 heteroatoms. The second kappa shape index (κ2) is 7.63. The van der Waals surface area contributed by atoms with Crippen molar-refractivity contribution >= 4 is 0 Å². The summed E-state index contributed by atoms with van der Waals surface area (Å²) in [5.74, 6) is 0. The lowest BCUT2D eigenvalue weighted by Crippen LogP contribution is -2.58. The van der Waals surface area contributed by atoms with Gasteiger partial charge in [0, 0.05) is 0 Å². The van der Waals surface area contributed by atoms with Crippen molar-refractivity contribution in [3.8, 4) is 0 Å². The molecule has 0 aromatic rings. The first-order chi connectivity index (χ1) is 10.8. The van der Waals surface area contributed by atoms with Crippen molar-refractivity contribution in [2.75, 3.05) is 13.2 Å². The van der Waals surface area contributed by atoms with Crippen LogP contribution in [0.2, 0.25) is 0 Å². The molecule has 2 aliphatic heterocycles. The van der Waals surface area contributed by atoms with Crippen LogP contribution in [-0.2, 0) is 14.2 Å². The SMILES string of the molecule is OC[C@@H](O)[C@@H]1O[C@@H](OC[C@H]2O[C@H](O)[C@H](O)[C@@H](O)[C@H]2O)[C@H](O)[C@H]1O. The van der Waals surface area contributed by atoms with E-state index in [4.69, 9.17) is 19.3 Å². The smallest absolute Gasteiger partial charge is 0.186 e. The van der Waals surface area contributed by atoms with Gasteiger partial charge in [-0.2, -0.15) is 0 Å². The second-order valence-electron chi connectivity index (χ2n) is 5.57. The molecule has 2 heterocycles. The Hall–Kier alpha value is -0.440. The number of aliphatic hydroxyl groups excluding tert-OH is 8. The molecule has 8 N–H and O–H groups in total. The number of aliphatic hydroxyl groups is 8. The summed E-state index contributed by atoms with van der Waals surface area (Å²) in [5, 5.41) is 75.8. The van der Waals surface area contributed by atoms with E-state index in [9.17, 15) is 35.7 Å². The van der Waals surface area contributed by atoms with Gasteiger partial charge < -0.3 is 55.1 Å². The molecule has 11 nitrogen and oxygen atoms in total. The Balaban J connectivity index is 1.90. The molecule has 2 saturated heterocycles. The Morgan fingerprint density at radius 3 is 2.09 bits per heavy atom. The molecule has 0 amide bonds. The highest BCUT2D eigenvalue weighted by Crippen LogP contribution is 2.26. The first-order valence-electron chi connectivity index (χ1n) is 7.07. The highest BCUT2D eigenvalue weighted by atomic mass is 16.7. The molecule has 23 heavy (non-hydrogen) atoms. The third-order valence-electron chi connectivity index (χ3n) is 3.93. The minimum absolute atomic E-state index is 0.446. The third-order valence-corrected chi connectivity index (χ3v) is 3.93. The van der Waals surface area contributed by atoms with E-state index in [0.29, 0.717) is 0 Å². The summed E-state index contributed by atoms with van der Waals surface area (Å²) >= 11 is 0. The molecule has 0 unspecified atom stereocenters. The van der Waals surface area contributed by atoms with Crippen molar-refractivity contribution < 1.29 is 55.1 Å². The fourth-order valence-corrected chi connectivity index (χ4v) is 2.49. The zero-order valence-corrected chi connectivity index (χ0v) is 12.0. The number of rotatable bonds is 5. The topological polar surface area (TPSA) is 190 Å². The van der Waals surface area contributed by atoms with Crippen LogP contribution in [0.15, 0.2) is 0 Å². The lowest BCUT2D eigenvalue weighted by molar-refractivity contribution is -0.298. The van der Waals surface area contributed by atoms with Crippen molar-refractivity contribution in [3.63, 3.8) is 0 Å². The number of ether oxygens (including phenoxy) is 3. The van der Waals surface area contributed by atoms with Gasteiger partial charge in [0.1, 0.15) is 48.8 Å². The van der Waals surface area contributed by atoms with E-state index in [-0.39, 0.29) is 0 Å². The first kappa shape index (κ1) is 18.9. The maximum Gasteiger partial charge on any atom is 0.186 e. The molecule has 0 aromatic carbocycles. The van der Waals surface area contributed by atoms with Gasteiger partial charge >= 0.3 is 0 Å². The molecule has 2 rings (SSSR count). The van der Waals surface area contributed by atoms with E-state index in [1.165, 1.54) is 0 Å². The zero-order chi connectivity index (χ0) is 17.3. The Morgan fingerprint density at radius 1 is 0.826 bits per heavy atom. The summed E-state index contributed by atoms with van der Waals surface area (Å²) in [6, 6.07) is 0. The van der Waals surface area contributed by atoms with Crippen LogP contribution in [0, 0.1) is 0 Å². The molecule has 0 bridgehead atoms. The Labute approximate surface area is 130 Å². The summed E-state index contributed by atoms with van der Waals surface area (Å²) in [5.41, 5.74) is 0. The van der Waals surface area contributed by atoms with Gasteiger partial charge in [0.2, 0.25) is 0 Å². The molecule has 0 saturated carbocycles. The molecule has 0 spiro atoms. The van der Waals surface area contributed by atoms with Gasteiger partial charge in [0.05, 0.1) is 13.2 Å². The van der Waals surface area contributed by atoms with Crippen molar-refractivity contribution in [2.45, 2.75) is 61.4 Å². The van der Waals surface area contributed by atoms with Gasteiger partial charge in [-0.05, 0) is 0 Å². The van der Waals surface area contributed by atoms with Gasteiger partial charge in [-0.3, -0.25) is 0 Å². The molecule has 0 aliphatic carbocycles. The Kier molecular flexibility index (Phi) is 6.27.